The van der Waals surface area contributed by atoms with E-state index in [0.29, 0.717) is 30.3 Å². The van der Waals surface area contributed by atoms with Crippen molar-refractivity contribution in [3.05, 3.63) is 54.2 Å². The molecule has 134 valence electrons. The number of pyridine rings is 1. The number of nitrogens with one attached hydrogen (secondary N) is 1. The second kappa shape index (κ2) is 8.24. The van der Waals surface area contributed by atoms with Gasteiger partial charge in [-0.05, 0) is 25.1 Å². The smallest absolute Gasteiger partial charge is 0.267 e. The van der Waals surface area contributed by atoms with Gasteiger partial charge in [-0.1, -0.05) is 24.3 Å². The van der Waals surface area contributed by atoms with Crippen LogP contribution in [0.4, 0.5) is 5.69 Å². The van der Waals surface area contributed by atoms with Gasteiger partial charge >= 0.3 is 0 Å². The number of nitrogens with zero attached hydrogens (tertiary/aromatic N) is 3. The van der Waals surface area contributed by atoms with E-state index in [1.165, 1.54) is 5.01 Å². The zero-order valence-corrected chi connectivity index (χ0v) is 14.5. The lowest BCUT2D eigenvalue weighted by molar-refractivity contribution is -0.119. The van der Waals surface area contributed by atoms with Crippen molar-refractivity contribution in [1.29, 1.82) is 0 Å². The van der Waals surface area contributed by atoms with Crippen LogP contribution in [0.15, 0.2) is 53.8 Å². The number of hydrogen-bond acceptors (Lipinski definition) is 5. The van der Waals surface area contributed by atoms with E-state index in [0.717, 1.165) is 5.56 Å². The maximum atomic E-state index is 12.5. The van der Waals surface area contributed by atoms with Crippen LogP contribution in [-0.4, -0.2) is 29.1 Å². The second-order valence-electron chi connectivity index (χ2n) is 5.67. The standard InChI is InChI=1S/C19H20N4O3/c1-2-26-19-14(7-6-12-20-19)13-21-18(25)16-10-11-17(24)23(22-16)15-8-4-3-5-9-15/h3-9,12H,2,10-11,13H2,1H3,(H,21,25). The summed E-state index contributed by atoms with van der Waals surface area (Å²) < 4.78 is 5.46. The molecule has 0 spiro atoms. The highest BCUT2D eigenvalue weighted by Crippen LogP contribution is 2.20. The van der Waals surface area contributed by atoms with Crippen molar-refractivity contribution in [2.45, 2.75) is 26.3 Å². The number of ether oxygens (including phenoxy) is 1. The van der Waals surface area contributed by atoms with Crippen LogP contribution in [-0.2, 0) is 16.1 Å². The Bertz CT molecular complexity index is 821. The Balaban J connectivity index is 1.71. The lowest BCUT2D eigenvalue weighted by Gasteiger charge is -2.23. The third kappa shape index (κ3) is 4.05. The van der Waals surface area contributed by atoms with Gasteiger partial charge in [-0.25, -0.2) is 9.99 Å². The highest BCUT2D eigenvalue weighted by atomic mass is 16.5. The van der Waals surface area contributed by atoms with Crippen molar-refractivity contribution in [3.8, 4) is 5.88 Å². The number of aromatic nitrogens is 1. The maximum Gasteiger partial charge on any atom is 0.267 e. The minimum Gasteiger partial charge on any atom is -0.478 e. The quantitative estimate of drug-likeness (QED) is 0.864. The van der Waals surface area contributed by atoms with Crippen molar-refractivity contribution in [1.82, 2.24) is 10.3 Å². The molecule has 7 nitrogen and oxygen atoms in total. The van der Waals surface area contributed by atoms with Crippen molar-refractivity contribution < 1.29 is 14.3 Å². The first-order valence-electron chi connectivity index (χ1n) is 8.49. The summed E-state index contributed by atoms with van der Waals surface area (Å²) in [5.74, 6) is 0.0744. The number of anilines is 1. The number of carbonyl (C=O) groups excluding carboxylic acids is 2. The molecule has 0 atom stereocenters. The zero-order chi connectivity index (χ0) is 18.4. The Labute approximate surface area is 151 Å². The first kappa shape index (κ1) is 17.6. The molecule has 1 aliphatic rings. The van der Waals surface area contributed by atoms with Crippen molar-refractivity contribution >= 4 is 23.2 Å². The third-order valence-electron chi connectivity index (χ3n) is 3.87. The molecule has 0 unspecified atom stereocenters. The van der Waals surface area contributed by atoms with Gasteiger partial charge in [0.1, 0.15) is 5.71 Å². The predicted molar refractivity (Wildman–Crippen MR) is 97.8 cm³/mol. The zero-order valence-electron chi connectivity index (χ0n) is 14.5. The normalized spacial score (nSPS) is 14.0. The molecule has 1 N–H and O–H groups in total. The maximum absolute atomic E-state index is 12.5. The van der Waals surface area contributed by atoms with Crippen LogP contribution in [0.1, 0.15) is 25.3 Å². The summed E-state index contributed by atoms with van der Waals surface area (Å²) in [7, 11) is 0. The number of carbonyl (C=O) groups is 2. The molecule has 1 aromatic heterocycles. The van der Waals surface area contributed by atoms with E-state index < -0.39 is 0 Å². The molecule has 2 aromatic rings. The van der Waals surface area contributed by atoms with Crippen molar-refractivity contribution in [2.75, 3.05) is 11.6 Å². The molecule has 1 aromatic carbocycles. The molecular formula is C19H20N4O3. The van der Waals surface area contributed by atoms with E-state index in [4.69, 9.17) is 4.74 Å². The van der Waals surface area contributed by atoms with Crippen LogP contribution < -0.4 is 15.1 Å². The van der Waals surface area contributed by atoms with Gasteiger partial charge in [0.25, 0.3) is 5.91 Å². The molecule has 3 rings (SSSR count). The van der Waals surface area contributed by atoms with Crippen molar-refractivity contribution in [3.63, 3.8) is 0 Å². The van der Waals surface area contributed by atoms with Gasteiger partial charge in [0, 0.05) is 31.1 Å². The summed E-state index contributed by atoms with van der Waals surface area (Å²) >= 11 is 0. The van der Waals surface area contributed by atoms with Gasteiger partial charge in [0.05, 0.1) is 12.3 Å². The Morgan fingerprint density at radius 3 is 2.77 bits per heavy atom. The fourth-order valence-electron chi connectivity index (χ4n) is 2.59. The number of rotatable bonds is 6. The number of amides is 2. The summed E-state index contributed by atoms with van der Waals surface area (Å²) in [4.78, 5) is 28.8. The lowest BCUT2D eigenvalue weighted by atomic mass is 10.1. The average Bonchev–Trinajstić information content (AvgIpc) is 2.68. The Morgan fingerprint density at radius 2 is 2.00 bits per heavy atom. The lowest BCUT2D eigenvalue weighted by Crippen LogP contribution is -2.39. The van der Waals surface area contributed by atoms with E-state index in [2.05, 4.69) is 15.4 Å². The number of para-hydroxylation sites is 1. The van der Waals surface area contributed by atoms with Crippen LogP contribution in [0, 0.1) is 0 Å². The van der Waals surface area contributed by atoms with Crippen LogP contribution in [0.25, 0.3) is 0 Å². The summed E-state index contributed by atoms with van der Waals surface area (Å²) in [5, 5.41) is 8.36. The van der Waals surface area contributed by atoms with Gasteiger partial charge in [0.2, 0.25) is 11.8 Å². The molecule has 1 aliphatic heterocycles. The number of hydrogen-bond donors (Lipinski definition) is 1. The fraction of sp³-hybridized carbons (Fsp3) is 0.263. The number of hydrazone groups is 1. The van der Waals surface area contributed by atoms with E-state index in [9.17, 15) is 9.59 Å². The first-order valence-corrected chi connectivity index (χ1v) is 8.49. The second-order valence-corrected chi connectivity index (χ2v) is 5.67. The Hall–Kier alpha value is -3.22. The van der Waals surface area contributed by atoms with E-state index in [1.54, 1.807) is 24.4 Å². The molecule has 0 saturated heterocycles. The minimum atomic E-state index is -0.301. The highest BCUT2D eigenvalue weighted by Gasteiger charge is 2.25. The molecule has 0 bridgehead atoms. The van der Waals surface area contributed by atoms with E-state index >= 15 is 0 Å². The third-order valence-corrected chi connectivity index (χ3v) is 3.87. The predicted octanol–water partition coefficient (Wildman–Crippen LogP) is 2.28. The summed E-state index contributed by atoms with van der Waals surface area (Å²) in [6.07, 6.45) is 2.21. The van der Waals surface area contributed by atoms with Crippen molar-refractivity contribution in [2.24, 2.45) is 5.10 Å². The van der Waals surface area contributed by atoms with Gasteiger partial charge in [-0.3, -0.25) is 9.59 Å². The highest BCUT2D eigenvalue weighted by molar-refractivity contribution is 6.40. The van der Waals surface area contributed by atoms with Gasteiger partial charge in [0.15, 0.2) is 0 Å². The minimum absolute atomic E-state index is 0.126. The van der Waals surface area contributed by atoms with Crippen LogP contribution in [0.2, 0.25) is 0 Å². The van der Waals surface area contributed by atoms with Crippen LogP contribution in [0.3, 0.4) is 0 Å². The van der Waals surface area contributed by atoms with E-state index in [1.807, 2.05) is 31.2 Å². The summed E-state index contributed by atoms with van der Waals surface area (Å²) in [5.41, 5.74) is 1.76. The largest absolute Gasteiger partial charge is 0.478 e. The molecule has 0 radical (unpaired) electrons. The topological polar surface area (TPSA) is 83.9 Å². The molecule has 2 heterocycles. The van der Waals surface area contributed by atoms with Gasteiger partial charge in [-0.15, -0.1) is 0 Å². The van der Waals surface area contributed by atoms with Gasteiger partial charge in [-0.2, -0.15) is 5.10 Å². The molecule has 7 heteroatoms. The molecule has 0 aliphatic carbocycles. The molecule has 2 amide bonds. The van der Waals surface area contributed by atoms with E-state index in [-0.39, 0.29) is 24.8 Å². The monoisotopic (exact) mass is 352 g/mol. The molecular weight excluding hydrogens is 332 g/mol. The Kier molecular flexibility index (Phi) is 5.58. The summed E-state index contributed by atoms with van der Waals surface area (Å²) in [6.45, 7) is 2.65. The molecule has 26 heavy (non-hydrogen) atoms. The Morgan fingerprint density at radius 1 is 1.19 bits per heavy atom. The first-order chi connectivity index (χ1) is 12.7. The van der Waals surface area contributed by atoms with Gasteiger partial charge < -0.3 is 10.1 Å². The van der Waals surface area contributed by atoms with Crippen LogP contribution in [0.5, 0.6) is 5.88 Å². The van der Waals surface area contributed by atoms with Crippen LogP contribution >= 0.6 is 0 Å². The number of benzene rings is 1. The molecule has 0 fully saturated rings. The molecule has 0 saturated carbocycles. The SMILES string of the molecule is CCOc1ncccc1CNC(=O)C1=NN(c2ccccc2)C(=O)CC1. The summed E-state index contributed by atoms with van der Waals surface area (Å²) in [6, 6.07) is 12.7. The average molecular weight is 352 g/mol. The fourth-order valence-corrected chi connectivity index (χ4v) is 2.59.